The lowest BCUT2D eigenvalue weighted by molar-refractivity contribution is -0.145. The molecule has 5 rings (SSSR count). The van der Waals surface area contributed by atoms with Crippen molar-refractivity contribution in [3.8, 4) is 5.75 Å². The van der Waals surface area contributed by atoms with Crippen LogP contribution in [0.3, 0.4) is 0 Å². The minimum absolute atomic E-state index is 0.0341. The van der Waals surface area contributed by atoms with Crippen LogP contribution in [0.2, 0.25) is 0 Å². The van der Waals surface area contributed by atoms with Gasteiger partial charge in [-0.1, -0.05) is 32.4 Å². The van der Waals surface area contributed by atoms with E-state index in [1.807, 2.05) is 0 Å². The molecule has 190 valence electrons. The summed E-state index contributed by atoms with van der Waals surface area (Å²) in [7, 11) is 1.33. The summed E-state index contributed by atoms with van der Waals surface area (Å²) in [6, 6.07) is 2.44. The fourth-order valence-corrected chi connectivity index (χ4v) is 6.62. The molecule has 1 aliphatic heterocycles. The van der Waals surface area contributed by atoms with Gasteiger partial charge in [0.1, 0.15) is 17.6 Å². The molecule has 4 aliphatic rings. The average Bonchev–Trinajstić information content (AvgIpc) is 3.48. The Labute approximate surface area is 208 Å². The average molecular weight is 484 g/mol. The maximum Gasteiger partial charge on any atom is 0.328 e. The summed E-state index contributed by atoms with van der Waals surface area (Å²) in [5.41, 5.74) is 2.61. The van der Waals surface area contributed by atoms with E-state index in [0.29, 0.717) is 43.1 Å². The lowest BCUT2D eigenvalue weighted by Gasteiger charge is -2.36. The molecule has 3 aliphatic carbocycles. The van der Waals surface area contributed by atoms with Crippen LogP contribution >= 0.6 is 0 Å². The summed E-state index contributed by atoms with van der Waals surface area (Å²) in [4.78, 5) is 27.5. The fourth-order valence-electron chi connectivity index (χ4n) is 6.62. The van der Waals surface area contributed by atoms with E-state index in [9.17, 15) is 9.59 Å². The number of rotatable bonds is 7. The van der Waals surface area contributed by atoms with Crippen molar-refractivity contribution in [2.75, 3.05) is 20.3 Å². The van der Waals surface area contributed by atoms with E-state index in [1.165, 1.54) is 30.1 Å². The van der Waals surface area contributed by atoms with Gasteiger partial charge in [0.25, 0.3) is 5.91 Å². The van der Waals surface area contributed by atoms with Crippen LogP contribution in [0, 0.1) is 29.0 Å². The first-order valence-corrected chi connectivity index (χ1v) is 13.2. The highest BCUT2D eigenvalue weighted by atomic mass is 19.1. The van der Waals surface area contributed by atoms with Crippen molar-refractivity contribution in [1.82, 2.24) is 4.90 Å². The van der Waals surface area contributed by atoms with Gasteiger partial charge in [-0.3, -0.25) is 4.79 Å². The lowest BCUT2D eigenvalue weighted by Crippen LogP contribution is -2.41. The van der Waals surface area contributed by atoms with Crippen molar-refractivity contribution in [2.24, 2.45) is 23.2 Å². The van der Waals surface area contributed by atoms with Gasteiger partial charge in [-0.25, -0.2) is 9.18 Å². The molecule has 2 saturated carbocycles. The Bertz CT molecular complexity index is 1050. The minimum atomic E-state index is -0.670. The Hall–Kier alpha value is -2.37. The van der Waals surface area contributed by atoms with Gasteiger partial charge < -0.3 is 14.4 Å². The second-order valence-electron chi connectivity index (χ2n) is 11.9. The molecule has 2 bridgehead atoms. The molecule has 1 aromatic rings. The van der Waals surface area contributed by atoms with Crippen LogP contribution in [0.15, 0.2) is 23.8 Å². The van der Waals surface area contributed by atoms with Crippen molar-refractivity contribution < 1.29 is 23.5 Å². The second-order valence-corrected chi connectivity index (χ2v) is 11.9. The number of hydrogen-bond donors (Lipinski definition) is 0. The number of likely N-dealkylation sites (tertiary alicyclic amines) is 1. The van der Waals surface area contributed by atoms with E-state index < -0.39 is 23.7 Å². The lowest BCUT2D eigenvalue weighted by atomic mass is 9.72. The summed E-state index contributed by atoms with van der Waals surface area (Å²) in [5.74, 6) is 0.580. The van der Waals surface area contributed by atoms with Crippen molar-refractivity contribution in [3.63, 3.8) is 0 Å². The maximum absolute atomic E-state index is 15.4. The summed E-state index contributed by atoms with van der Waals surface area (Å²) >= 11 is 0. The van der Waals surface area contributed by atoms with Crippen LogP contribution in [0.1, 0.15) is 87.6 Å². The standard InChI is InChI=1S/C29H38FNO4/c1-17(2)21-10-25(28(33)34-4)31(15-21)27(32)23-11-22(20-5-6-20)26(12-24(23)30)35-16-29-8-7-19(14-29)9-18(3)13-29/h7,11-12,17-18,20-21,25H,5-6,8-10,13-16H2,1-4H3/t18?,21-,25+,29?/m1/s1. The van der Waals surface area contributed by atoms with Crippen molar-refractivity contribution in [3.05, 3.63) is 40.7 Å². The molecule has 1 amide bonds. The van der Waals surface area contributed by atoms with Gasteiger partial charge >= 0.3 is 5.97 Å². The van der Waals surface area contributed by atoms with Crippen LogP contribution < -0.4 is 4.74 Å². The molecule has 0 aromatic heterocycles. The number of hydrogen-bond acceptors (Lipinski definition) is 4. The van der Waals surface area contributed by atoms with Gasteiger partial charge in [-0.15, -0.1) is 0 Å². The molecular formula is C29H38FNO4. The smallest absolute Gasteiger partial charge is 0.328 e. The first-order valence-electron chi connectivity index (χ1n) is 13.2. The number of allylic oxidation sites excluding steroid dienone is 2. The SMILES string of the molecule is COC(=O)[C@@H]1C[C@@H](C(C)C)CN1C(=O)c1cc(C2CC2)c(OCC23CC=C(CC(C)C2)C3)cc1F. The van der Waals surface area contributed by atoms with Gasteiger partial charge in [-0.05, 0) is 80.2 Å². The van der Waals surface area contributed by atoms with Gasteiger partial charge in [0, 0.05) is 18.0 Å². The monoisotopic (exact) mass is 483 g/mol. The second kappa shape index (κ2) is 9.25. The molecule has 4 atom stereocenters. The predicted molar refractivity (Wildman–Crippen MR) is 132 cm³/mol. The molecular weight excluding hydrogens is 445 g/mol. The topological polar surface area (TPSA) is 55.8 Å². The number of carbonyl (C=O) groups is 2. The third kappa shape index (κ3) is 4.73. The number of methoxy groups -OCH3 is 1. The summed E-state index contributed by atoms with van der Waals surface area (Å²) < 4.78 is 26.8. The number of carbonyl (C=O) groups excluding carboxylic acids is 2. The largest absolute Gasteiger partial charge is 0.493 e. The Kier molecular flexibility index (Phi) is 6.43. The highest BCUT2D eigenvalue weighted by Crippen LogP contribution is 2.51. The highest BCUT2D eigenvalue weighted by Gasteiger charge is 2.43. The number of esters is 1. The Morgan fingerprint density at radius 1 is 1.26 bits per heavy atom. The Balaban J connectivity index is 1.38. The number of amides is 1. The van der Waals surface area contributed by atoms with Crippen LogP contribution in [-0.2, 0) is 9.53 Å². The van der Waals surface area contributed by atoms with E-state index >= 15 is 4.39 Å². The number of nitrogens with zero attached hydrogens (tertiary/aromatic N) is 1. The van der Waals surface area contributed by atoms with Crippen LogP contribution in [0.25, 0.3) is 0 Å². The van der Waals surface area contributed by atoms with Crippen LogP contribution in [0.4, 0.5) is 4.39 Å². The molecule has 0 N–H and O–H groups in total. The van der Waals surface area contributed by atoms with E-state index in [4.69, 9.17) is 9.47 Å². The zero-order chi connectivity index (χ0) is 24.9. The molecule has 0 radical (unpaired) electrons. The van der Waals surface area contributed by atoms with E-state index in [-0.39, 0.29) is 16.9 Å². The van der Waals surface area contributed by atoms with Crippen molar-refractivity contribution in [2.45, 2.75) is 77.7 Å². The van der Waals surface area contributed by atoms with Gasteiger partial charge in [0.15, 0.2) is 0 Å². The fraction of sp³-hybridized carbons (Fsp3) is 0.655. The molecule has 0 spiro atoms. The molecule has 6 heteroatoms. The van der Waals surface area contributed by atoms with Crippen LogP contribution in [0.5, 0.6) is 5.75 Å². The Morgan fingerprint density at radius 3 is 2.71 bits per heavy atom. The molecule has 35 heavy (non-hydrogen) atoms. The van der Waals surface area contributed by atoms with Gasteiger partial charge in [0.05, 0.1) is 19.3 Å². The van der Waals surface area contributed by atoms with E-state index in [0.717, 1.165) is 37.7 Å². The summed E-state index contributed by atoms with van der Waals surface area (Å²) in [6.07, 6.45) is 9.38. The quantitative estimate of drug-likeness (QED) is 0.359. The van der Waals surface area contributed by atoms with Gasteiger partial charge in [-0.2, -0.15) is 0 Å². The predicted octanol–water partition coefficient (Wildman–Crippen LogP) is 5.88. The first-order chi connectivity index (χ1) is 16.7. The van der Waals surface area contributed by atoms with Gasteiger partial charge in [0.2, 0.25) is 0 Å². The number of fused-ring (bicyclic) bond motifs is 2. The first kappa shape index (κ1) is 24.3. The number of halogens is 1. The molecule has 3 fully saturated rings. The van der Waals surface area contributed by atoms with Crippen molar-refractivity contribution in [1.29, 1.82) is 0 Å². The van der Waals surface area contributed by atoms with E-state index in [2.05, 4.69) is 26.8 Å². The van der Waals surface area contributed by atoms with E-state index in [1.54, 1.807) is 6.07 Å². The number of benzene rings is 1. The Morgan fingerprint density at radius 2 is 2.03 bits per heavy atom. The third-order valence-electron chi connectivity index (χ3n) is 8.71. The normalized spacial score (nSPS) is 29.9. The van der Waals surface area contributed by atoms with Crippen molar-refractivity contribution >= 4 is 11.9 Å². The summed E-state index contributed by atoms with van der Waals surface area (Å²) in [6.45, 7) is 7.48. The summed E-state index contributed by atoms with van der Waals surface area (Å²) in [5, 5.41) is 0. The molecule has 5 nitrogen and oxygen atoms in total. The molecule has 1 aromatic carbocycles. The highest BCUT2D eigenvalue weighted by molar-refractivity contribution is 5.98. The molecule has 1 heterocycles. The molecule has 1 saturated heterocycles. The zero-order valence-electron chi connectivity index (χ0n) is 21.4. The number of ether oxygens (including phenoxy) is 2. The molecule has 2 unspecified atom stereocenters. The maximum atomic E-state index is 15.4. The zero-order valence-corrected chi connectivity index (χ0v) is 21.4. The minimum Gasteiger partial charge on any atom is -0.493 e. The third-order valence-corrected chi connectivity index (χ3v) is 8.71. The van der Waals surface area contributed by atoms with Crippen LogP contribution in [-0.4, -0.2) is 43.1 Å².